The van der Waals surface area contributed by atoms with E-state index in [2.05, 4.69) is 5.32 Å². The lowest BCUT2D eigenvalue weighted by Crippen LogP contribution is -2.17. The van der Waals surface area contributed by atoms with Crippen LogP contribution in [0.5, 0.6) is 0 Å². The van der Waals surface area contributed by atoms with Crippen LogP contribution in [0, 0.1) is 0 Å². The van der Waals surface area contributed by atoms with Gasteiger partial charge < -0.3 is 10.1 Å². The van der Waals surface area contributed by atoms with Gasteiger partial charge in [0.25, 0.3) is 5.91 Å². The largest absolute Gasteiger partial charge is 0.462 e. The van der Waals surface area contributed by atoms with Crippen LogP contribution in [0.1, 0.15) is 44.4 Å². The van der Waals surface area contributed by atoms with Gasteiger partial charge in [0.05, 0.1) is 17.7 Å². The maximum absolute atomic E-state index is 12.6. The number of ketones is 1. The van der Waals surface area contributed by atoms with Crippen LogP contribution in [0.15, 0.2) is 47.4 Å². The van der Waals surface area contributed by atoms with Crippen molar-refractivity contribution in [2.75, 3.05) is 17.7 Å². The highest BCUT2D eigenvalue weighted by molar-refractivity contribution is 7.99. The van der Waals surface area contributed by atoms with E-state index in [1.165, 1.54) is 11.8 Å². The maximum atomic E-state index is 12.6. The average Bonchev–Trinajstić information content (AvgIpc) is 2.62. The number of ether oxygens (including phenoxy) is 1. The molecule has 0 spiro atoms. The molecule has 3 rings (SSSR count). The fourth-order valence-electron chi connectivity index (χ4n) is 2.57. The molecule has 0 aromatic heterocycles. The average molecular weight is 355 g/mol. The molecule has 5 nitrogen and oxygen atoms in total. The number of esters is 1. The summed E-state index contributed by atoms with van der Waals surface area (Å²) in [4.78, 5) is 37.0. The molecule has 1 amide bonds. The number of rotatable bonds is 4. The van der Waals surface area contributed by atoms with Crippen LogP contribution in [0.25, 0.3) is 0 Å². The second-order valence-corrected chi connectivity index (χ2v) is 6.56. The first-order chi connectivity index (χ1) is 12.1. The summed E-state index contributed by atoms with van der Waals surface area (Å²) in [5.74, 6) is 0.0854. The van der Waals surface area contributed by atoms with Gasteiger partial charge in [-0.1, -0.05) is 12.1 Å². The topological polar surface area (TPSA) is 72.5 Å². The molecule has 1 aliphatic rings. The summed E-state index contributed by atoms with van der Waals surface area (Å²) in [6.07, 6.45) is 0.498. The predicted molar refractivity (Wildman–Crippen MR) is 96.5 cm³/mol. The molecule has 6 heteroatoms. The molecular weight excluding hydrogens is 338 g/mol. The standard InChI is InChI=1S/C19H17NO4S/c1-2-24-19(23)12-6-8-13(9-7-12)20-18(22)15-5-3-4-14-16(21)10-11-25-17(14)15/h3-9H,2,10-11H2,1H3,(H,20,22). The Balaban J connectivity index is 1.78. The van der Waals surface area contributed by atoms with Crippen molar-refractivity contribution in [1.82, 2.24) is 0 Å². The first-order valence-corrected chi connectivity index (χ1v) is 8.96. The lowest BCUT2D eigenvalue weighted by molar-refractivity contribution is 0.0526. The van der Waals surface area contributed by atoms with E-state index < -0.39 is 5.97 Å². The number of fused-ring (bicyclic) bond motifs is 1. The quantitative estimate of drug-likeness (QED) is 0.845. The highest BCUT2D eigenvalue weighted by Gasteiger charge is 2.23. The van der Waals surface area contributed by atoms with Crippen LogP contribution < -0.4 is 5.32 Å². The van der Waals surface area contributed by atoms with Gasteiger partial charge in [-0.25, -0.2) is 4.79 Å². The van der Waals surface area contributed by atoms with Gasteiger partial charge in [-0.3, -0.25) is 9.59 Å². The van der Waals surface area contributed by atoms with Gasteiger partial charge in [0, 0.05) is 28.3 Å². The van der Waals surface area contributed by atoms with Crippen molar-refractivity contribution >= 4 is 35.1 Å². The molecule has 0 aliphatic carbocycles. The van der Waals surface area contributed by atoms with Gasteiger partial charge in [0.1, 0.15) is 0 Å². The molecule has 128 valence electrons. The van der Waals surface area contributed by atoms with Crippen molar-refractivity contribution in [1.29, 1.82) is 0 Å². The number of benzene rings is 2. The van der Waals surface area contributed by atoms with Gasteiger partial charge in [-0.15, -0.1) is 11.8 Å². The Morgan fingerprint density at radius 3 is 2.64 bits per heavy atom. The Kier molecular flexibility index (Phi) is 5.19. The van der Waals surface area contributed by atoms with Crippen LogP contribution in [-0.4, -0.2) is 30.0 Å². The van der Waals surface area contributed by atoms with E-state index in [0.29, 0.717) is 41.2 Å². The molecule has 0 saturated carbocycles. The Morgan fingerprint density at radius 1 is 1.16 bits per heavy atom. The molecule has 0 radical (unpaired) electrons. The Hall–Kier alpha value is -2.60. The molecule has 0 bridgehead atoms. The number of amides is 1. The van der Waals surface area contributed by atoms with E-state index in [-0.39, 0.29) is 11.7 Å². The second kappa shape index (κ2) is 7.53. The van der Waals surface area contributed by atoms with E-state index in [9.17, 15) is 14.4 Å². The Bertz CT molecular complexity index is 830. The van der Waals surface area contributed by atoms with Gasteiger partial charge >= 0.3 is 5.97 Å². The predicted octanol–water partition coefficient (Wildman–Crippen LogP) is 3.79. The molecule has 1 N–H and O–H groups in total. The summed E-state index contributed by atoms with van der Waals surface area (Å²) in [7, 11) is 0. The van der Waals surface area contributed by atoms with Crippen LogP contribution in [-0.2, 0) is 4.74 Å². The van der Waals surface area contributed by atoms with E-state index in [1.807, 2.05) is 0 Å². The van der Waals surface area contributed by atoms with E-state index in [4.69, 9.17) is 4.74 Å². The van der Waals surface area contributed by atoms with Crippen LogP contribution in [0.2, 0.25) is 0 Å². The monoisotopic (exact) mass is 355 g/mol. The fraction of sp³-hybridized carbons (Fsp3) is 0.211. The van der Waals surface area contributed by atoms with Crippen molar-refractivity contribution in [3.63, 3.8) is 0 Å². The normalized spacial score (nSPS) is 13.1. The van der Waals surface area contributed by atoms with E-state index in [0.717, 1.165) is 4.90 Å². The first kappa shape index (κ1) is 17.2. The van der Waals surface area contributed by atoms with Crippen molar-refractivity contribution in [3.8, 4) is 0 Å². The summed E-state index contributed by atoms with van der Waals surface area (Å²) in [5.41, 5.74) is 2.10. The third-order valence-corrected chi connectivity index (χ3v) is 4.93. The van der Waals surface area contributed by atoms with Crippen molar-refractivity contribution in [2.24, 2.45) is 0 Å². The smallest absolute Gasteiger partial charge is 0.338 e. The van der Waals surface area contributed by atoms with Gasteiger partial charge in [-0.05, 0) is 37.3 Å². The van der Waals surface area contributed by atoms with Gasteiger partial charge in [0.15, 0.2) is 5.78 Å². The number of nitrogens with one attached hydrogen (secondary N) is 1. The summed E-state index contributed by atoms with van der Waals surface area (Å²) in [6.45, 7) is 2.06. The third kappa shape index (κ3) is 3.74. The lowest BCUT2D eigenvalue weighted by Gasteiger charge is -2.17. The molecule has 2 aromatic rings. The van der Waals surface area contributed by atoms with Crippen LogP contribution in [0.4, 0.5) is 5.69 Å². The highest BCUT2D eigenvalue weighted by atomic mass is 32.2. The van der Waals surface area contributed by atoms with Crippen molar-refractivity contribution in [2.45, 2.75) is 18.2 Å². The number of carbonyl (C=O) groups excluding carboxylic acids is 3. The van der Waals surface area contributed by atoms with Crippen molar-refractivity contribution in [3.05, 3.63) is 59.2 Å². The Morgan fingerprint density at radius 2 is 1.92 bits per heavy atom. The van der Waals surface area contributed by atoms with E-state index in [1.54, 1.807) is 49.4 Å². The summed E-state index contributed by atoms with van der Waals surface area (Å²) in [5, 5.41) is 2.81. The minimum absolute atomic E-state index is 0.0715. The van der Waals surface area contributed by atoms with Gasteiger partial charge in [-0.2, -0.15) is 0 Å². The zero-order valence-electron chi connectivity index (χ0n) is 13.7. The minimum Gasteiger partial charge on any atom is -0.462 e. The number of hydrogen-bond acceptors (Lipinski definition) is 5. The lowest BCUT2D eigenvalue weighted by atomic mass is 10.0. The molecular formula is C19H17NO4S. The summed E-state index contributed by atoms with van der Waals surface area (Å²) in [6, 6.07) is 11.7. The summed E-state index contributed by atoms with van der Waals surface area (Å²) >= 11 is 1.53. The zero-order valence-corrected chi connectivity index (χ0v) is 14.5. The maximum Gasteiger partial charge on any atom is 0.338 e. The number of anilines is 1. The Labute approximate surface area is 149 Å². The third-order valence-electron chi connectivity index (χ3n) is 3.79. The highest BCUT2D eigenvalue weighted by Crippen LogP contribution is 2.33. The molecule has 0 unspecified atom stereocenters. The van der Waals surface area contributed by atoms with Crippen LogP contribution in [0.3, 0.4) is 0 Å². The summed E-state index contributed by atoms with van der Waals surface area (Å²) < 4.78 is 4.93. The SMILES string of the molecule is CCOC(=O)c1ccc(NC(=O)c2cccc3c2SCCC3=O)cc1. The number of hydrogen-bond donors (Lipinski definition) is 1. The minimum atomic E-state index is -0.396. The zero-order chi connectivity index (χ0) is 17.8. The molecule has 25 heavy (non-hydrogen) atoms. The van der Waals surface area contributed by atoms with Crippen molar-refractivity contribution < 1.29 is 19.1 Å². The fourth-order valence-corrected chi connectivity index (χ4v) is 3.72. The number of carbonyl (C=O) groups is 3. The first-order valence-electron chi connectivity index (χ1n) is 7.97. The molecule has 0 saturated heterocycles. The number of thioether (sulfide) groups is 1. The van der Waals surface area contributed by atoms with Gasteiger partial charge in [0.2, 0.25) is 0 Å². The molecule has 1 aliphatic heterocycles. The number of Topliss-reactive ketones (excluding diaryl/α,β-unsaturated/α-hetero) is 1. The second-order valence-electron chi connectivity index (χ2n) is 5.46. The van der Waals surface area contributed by atoms with Crippen LogP contribution >= 0.6 is 11.8 Å². The molecule has 0 fully saturated rings. The molecule has 0 atom stereocenters. The van der Waals surface area contributed by atoms with E-state index >= 15 is 0 Å². The molecule has 1 heterocycles. The molecule has 2 aromatic carbocycles.